The number of anilines is 1. The molecule has 1 fully saturated rings. The van der Waals surface area contributed by atoms with Crippen LogP contribution in [0.2, 0.25) is 0 Å². The van der Waals surface area contributed by atoms with Gasteiger partial charge in [-0.3, -0.25) is 0 Å². The lowest BCUT2D eigenvalue weighted by Gasteiger charge is -2.10. The molecule has 0 amide bonds. The van der Waals surface area contributed by atoms with E-state index in [4.69, 9.17) is 10.2 Å². The van der Waals surface area contributed by atoms with Crippen molar-refractivity contribution in [2.45, 2.75) is 31.6 Å². The van der Waals surface area contributed by atoms with Gasteiger partial charge in [0.05, 0.1) is 11.4 Å². The van der Waals surface area contributed by atoms with Crippen LogP contribution < -0.4 is 5.73 Å². The molecule has 2 aromatic rings. The van der Waals surface area contributed by atoms with Gasteiger partial charge in [-0.1, -0.05) is 12.8 Å². The van der Waals surface area contributed by atoms with Crippen LogP contribution in [0.15, 0.2) is 16.9 Å². The van der Waals surface area contributed by atoms with Crippen molar-refractivity contribution in [2.24, 2.45) is 0 Å². The van der Waals surface area contributed by atoms with Crippen LogP contribution in [0.25, 0.3) is 11.2 Å². The molecule has 2 heterocycles. The van der Waals surface area contributed by atoms with Crippen molar-refractivity contribution in [1.82, 2.24) is 9.97 Å². The first-order valence-corrected chi connectivity index (χ1v) is 5.34. The van der Waals surface area contributed by atoms with E-state index in [2.05, 4.69) is 9.97 Å². The Hall–Kier alpha value is -1.58. The van der Waals surface area contributed by atoms with Gasteiger partial charge in [-0.2, -0.15) is 0 Å². The highest BCUT2D eigenvalue weighted by Crippen LogP contribution is 2.36. The Kier molecular flexibility index (Phi) is 1.87. The maximum atomic E-state index is 5.98. The fourth-order valence-corrected chi connectivity index (χ4v) is 2.35. The molecule has 0 atom stereocenters. The van der Waals surface area contributed by atoms with Crippen molar-refractivity contribution in [3.05, 3.63) is 18.2 Å². The third kappa shape index (κ3) is 1.37. The number of hydrogen-bond donors (Lipinski definition) is 1. The van der Waals surface area contributed by atoms with Gasteiger partial charge in [-0.25, -0.2) is 9.97 Å². The third-order valence-corrected chi connectivity index (χ3v) is 3.13. The van der Waals surface area contributed by atoms with Gasteiger partial charge < -0.3 is 10.2 Å². The maximum absolute atomic E-state index is 5.98. The molecule has 0 unspecified atom stereocenters. The number of rotatable bonds is 1. The molecule has 15 heavy (non-hydrogen) atoms. The summed E-state index contributed by atoms with van der Waals surface area (Å²) in [6, 6.07) is 1.86. The quantitative estimate of drug-likeness (QED) is 0.773. The molecule has 4 heteroatoms. The maximum Gasteiger partial charge on any atom is 0.247 e. The lowest BCUT2D eigenvalue weighted by atomic mass is 10.0. The van der Waals surface area contributed by atoms with E-state index in [0.717, 1.165) is 16.9 Å². The second-order valence-electron chi connectivity index (χ2n) is 4.12. The number of pyridine rings is 1. The largest absolute Gasteiger partial charge is 0.425 e. The number of nitrogens with two attached hydrogens (primary N) is 1. The van der Waals surface area contributed by atoms with Crippen molar-refractivity contribution in [3.63, 3.8) is 0 Å². The highest BCUT2D eigenvalue weighted by atomic mass is 16.3. The predicted octanol–water partition coefficient (Wildman–Crippen LogP) is 2.46. The molecule has 0 saturated heterocycles. The van der Waals surface area contributed by atoms with Crippen molar-refractivity contribution >= 4 is 16.9 Å². The average molecular weight is 203 g/mol. The van der Waals surface area contributed by atoms with Crippen LogP contribution in [-0.2, 0) is 0 Å². The summed E-state index contributed by atoms with van der Waals surface area (Å²) in [6.07, 6.45) is 6.35. The fourth-order valence-electron chi connectivity index (χ4n) is 2.35. The van der Waals surface area contributed by atoms with E-state index in [1.165, 1.54) is 32.1 Å². The molecule has 0 radical (unpaired) electrons. The molecule has 1 aliphatic rings. The van der Waals surface area contributed by atoms with Crippen LogP contribution in [0.3, 0.4) is 0 Å². The first-order valence-electron chi connectivity index (χ1n) is 5.34. The van der Waals surface area contributed by atoms with Gasteiger partial charge in [-0.15, -0.1) is 0 Å². The van der Waals surface area contributed by atoms with Gasteiger partial charge >= 0.3 is 0 Å². The normalized spacial score (nSPS) is 17.6. The van der Waals surface area contributed by atoms with Gasteiger partial charge in [0.2, 0.25) is 5.71 Å². The summed E-state index contributed by atoms with van der Waals surface area (Å²) < 4.78 is 5.20. The molecular formula is C11H13N3O. The molecule has 3 rings (SSSR count). The predicted molar refractivity (Wildman–Crippen MR) is 57.4 cm³/mol. The lowest BCUT2D eigenvalue weighted by Crippen LogP contribution is -2.02. The third-order valence-electron chi connectivity index (χ3n) is 3.13. The Labute approximate surface area is 87.5 Å². The zero-order valence-electron chi connectivity index (χ0n) is 8.44. The van der Waals surface area contributed by atoms with Crippen LogP contribution in [-0.4, -0.2) is 9.97 Å². The first kappa shape index (κ1) is 8.71. The topological polar surface area (TPSA) is 64.9 Å². The molecule has 0 aromatic carbocycles. The smallest absolute Gasteiger partial charge is 0.247 e. The van der Waals surface area contributed by atoms with E-state index >= 15 is 0 Å². The Balaban J connectivity index is 2.11. The highest BCUT2D eigenvalue weighted by Gasteiger charge is 2.21. The summed E-state index contributed by atoms with van der Waals surface area (Å²) >= 11 is 0. The summed E-state index contributed by atoms with van der Waals surface area (Å²) in [5.41, 5.74) is 9.08. The Morgan fingerprint density at radius 1 is 1.33 bits per heavy atom. The van der Waals surface area contributed by atoms with Crippen LogP contribution in [0.4, 0.5) is 5.69 Å². The molecule has 4 nitrogen and oxygen atoms in total. The van der Waals surface area contributed by atoms with Crippen LogP contribution in [0.1, 0.15) is 37.3 Å². The van der Waals surface area contributed by atoms with E-state index in [0.29, 0.717) is 11.6 Å². The van der Waals surface area contributed by atoms with Crippen LogP contribution >= 0.6 is 0 Å². The summed E-state index contributed by atoms with van der Waals surface area (Å²) in [5.74, 6) is 0.513. The minimum Gasteiger partial charge on any atom is -0.425 e. The number of fused-ring (bicyclic) bond motifs is 1. The number of hydrogen-bond acceptors (Lipinski definition) is 4. The zero-order chi connectivity index (χ0) is 10.3. The standard InChI is InChI=1S/C11H13N3O/c12-8-5-9-11(15-6-13-9)14-10(8)7-3-1-2-4-7/h5-7H,1-4,12H2. The molecular weight excluding hydrogens is 190 g/mol. The van der Waals surface area contributed by atoms with Gasteiger partial charge in [0.1, 0.15) is 5.52 Å². The molecule has 0 aliphatic heterocycles. The van der Waals surface area contributed by atoms with Gasteiger partial charge in [0.15, 0.2) is 6.39 Å². The molecule has 2 N–H and O–H groups in total. The Morgan fingerprint density at radius 2 is 2.13 bits per heavy atom. The van der Waals surface area contributed by atoms with Gasteiger partial charge in [-0.05, 0) is 18.9 Å². The second kappa shape index (κ2) is 3.22. The van der Waals surface area contributed by atoms with Crippen molar-refractivity contribution in [2.75, 3.05) is 5.73 Å². The molecule has 1 aliphatic carbocycles. The fraction of sp³-hybridized carbons (Fsp3) is 0.455. The molecule has 78 valence electrons. The minimum absolute atomic E-state index is 0.513. The molecule has 0 spiro atoms. The Bertz CT molecular complexity index is 486. The number of aromatic nitrogens is 2. The average Bonchev–Trinajstić information content (AvgIpc) is 2.85. The summed E-state index contributed by atoms with van der Waals surface area (Å²) in [5, 5.41) is 0. The van der Waals surface area contributed by atoms with Crippen LogP contribution in [0.5, 0.6) is 0 Å². The van der Waals surface area contributed by atoms with Crippen molar-refractivity contribution in [3.8, 4) is 0 Å². The zero-order valence-corrected chi connectivity index (χ0v) is 8.44. The molecule has 2 aromatic heterocycles. The highest BCUT2D eigenvalue weighted by molar-refractivity contribution is 5.73. The monoisotopic (exact) mass is 203 g/mol. The molecule has 1 saturated carbocycles. The van der Waals surface area contributed by atoms with E-state index in [1.54, 1.807) is 0 Å². The summed E-state index contributed by atoms with van der Waals surface area (Å²) in [7, 11) is 0. The van der Waals surface area contributed by atoms with E-state index in [9.17, 15) is 0 Å². The lowest BCUT2D eigenvalue weighted by molar-refractivity contribution is 0.584. The van der Waals surface area contributed by atoms with Crippen molar-refractivity contribution in [1.29, 1.82) is 0 Å². The van der Waals surface area contributed by atoms with Gasteiger partial charge in [0, 0.05) is 5.92 Å². The summed E-state index contributed by atoms with van der Waals surface area (Å²) in [4.78, 5) is 8.50. The first-order chi connectivity index (χ1) is 7.34. The van der Waals surface area contributed by atoms with Gasteiger partial charge in [0.25, 0.3) is 0 Å². The SMILES string of the molecule is Nc1cc2ncoc2nc1C1CCCC1. The van der Waals surface area contributed by atoms with Crippen LogP contribution in [0, 0.1) is 0 Å². The number of nitrogen functional groups attached to an aromatic ring is 1. The summed E-state index contributed by atoms with van der Waals surface area (Å²) in [6.45, 7) is 0. The number of nitrogens with zero attached hydrogens (tertiary/aromatic N) is 2. The van der Waals surface area contributed by atoms with E-state index in [-0.39, 0.29) is 0 Å². The van der Waals surface area contributed by atoms with Crippen molar-refractivity contribution < 1.29 is 4.42 Å². The molecule has 0 bridgehead atoms. The Morgan fingerprint density at radius 3 is 2.93 bits per heavy atom. The van der Waals surface area contributed by atoms with E-state index in [1.807, 2.05) is 6.07 Å². The minimum atomic E-state index is 0.513. The number of oxazole rings is 1. The van der Waals surface area contributed by atoms with E-state index < -0.39 is 0 Å². The second-order valence-corrected chi connectivity index (χ2v) is 4.12.